The van der Waals surface area contributed by atoms with Gasteiger partial charge in [-0.15, -0.1) is 0 Å². The number of carbonyl (C=O) groups excluding carboxylic acids is 1. The van der Waals surface area contributed by atoms with E-state index in [0.29, 0.717) is 11.6 Å². The summed E-state index contributed by atoms with van der Waals surface area (Å²) >= 11 is 11.9. The molecule has 0 aliphatic rings. The van der Waals surface area contributed by atoms with E-state index in [1.54, 1.807) is 0 Å². The highest BCUT2D eigenvalue weighted by molar-refractivity contribution is 6.36. The summed E-state index contributed by atoms with van der Waals surface area (Å²) in [5, 5.41) is 9.19. The van der Waals surface area contributed by atoms with Crippen molar-refractivity contribution in [3.05, 3.63) is 27.7 Å². The Morgan fingerprint density at radius 2 is 1.90 bits per heavy atom. The molecule has 0 amide bonds. The number of rotatable bonds is 7. The van der Waals surface area contributed by atoms with Crippen molar-refractivity contribution >= 4 is 35.0 Å². The quantitative estimate of drug-likeness (QED) is 0.769. The average Bonchev–Trinajstić information content (AvgIpc) is 2.33. The van der Waals surface area contributed by atoms with E-state index in [2.05, 4.69) is 0 Å². The number of carboxylic acids is 1. The molecule has 6 heteroatoms. The van der Waals surface area contributed by atoms with E-state index in [4.69, 9.17) is 33.0 Å². The second-order valence-electron chi connectivity index (χ2n) is 4.79. The Kier molecular flexibility index (Phi) is 6.30. The number of hydrogen-bond donors (Lipinski definition) is 1. The van der Waals surface area contributed by atoms with Crippen molar-refractivity contribution in [2.24, 2.45) is 5.92 Å². The fourth-order valence-corrected chi connectivity index (χ4v) is 2.07. The number of ether oxygens (including phenoxy) is 1. The minimum absolute atomic E-state index is 0.121. The Balaban J connectivity index is 3.02. The van der Waals surface area contributed by atoms with Crippen LogP contribution in [0, 0.1) is 5.92 Å². The van der Waals surface area contributed by atoms with Crippen LogP contribution in [-0.4, -0.2) is 23.5 Å². The van der Waals surface area contributed by atoms with Gasteiger partial charge >= 0.3 is 5.97 Å². The topological polar surface area (TPSA) is 63.6 Å². The molecule has 0 bridgehead atoms. The van der Waals surface area contributed by atoms with E-state index in [-0.39, 0.29) is 40.9 Å². The smallest absolute Gasteiger partial charge is 0.303 e. The maximum Gasteiger partial charge on any atom is 0.303 e. The maximum atomic E-state index is 12.1. The first-order chi connectivity index (χ1) is 9.31. The van der Waals surface area contributed by atoms with E-state index < -0.39 is 5.97 Å². The summed E-state index contributed by atoms with van der Waals surface area (Å²) in [7, 11) is 0. The molecule has 0 aromatic heterocycles. The highest BCUT2D eigenvalue weighted by atomic mass is 35.5. The van der Waals surface area contributed by atoms with E-state index in [0.717, 1.165) is 0 Å². The standard InChI is InChI=1S/C14H16Cl2O4/c1-8(2)7-20-14-10(5-9(15)6-11(14)16)12(17)3-4-13(18)19/h5-6,8H,3-4,7H2,1-2H3,(H,18,19). The molecule has 1 aromatic carbocycles. The number of Topliss-reactive ketones (excluding diaryl/α,β-unsaturated/α-hetero) is 1. The molecule has 0 fully saturated rings. The van der Waals surface area contributed by atoms with Crippen molar-refractivity contribution in [1.82, 2.24) is 0 Å². The average molecular weight is 319 g/mol. The molecule has 1 aromatic rings. The number of halogens is 2. The van der Waals surface area contributed by atoms with Crippen molar-refractivity contribution in [1.29, 1.82) is 0 Å². The van der Waals surface area contributed by atoms with E-state index >= 15 is 0 Å². The molecule has 1 rings (SSSR count). The number of hydrogen-bond acceptors (Lipinski definition) is 3. The number of carboxylic acid groups (broad SMARTS) is 1. The Morgan fingerprint density at radius 1 is 1.25 bits per heavy atom. The molecule has 0 radical (unpaired) electrons. The van der Waals surface area contributed by atoms with Crippen LogP contribution in [0.5, 0.6) is 5.75 Å². The fourth-order valence-electron chi connectivity index (χ4n) is 1.52. The molecular weight excluding hydrogens is 303 g/mol. The summed E-state index contributed by atoms with van der Waals surface area (Å²) in [6.07, 6.45) is -0.364. The van der Waals surface area contributed by atoms with Crippen LogP contribution in [0.1, 0.15) is 37.0 Å². The highest BCUT2D eigenvalue weighted by Crippen LogP contribution is 2.33. The molecule has 0 heterocycles. The third-order valence-corrected chi connectivity index (χ3v) is 2.93. The van der Waals surface area contributed by atoms with Gasteiger partial charge in [0.1, 0.15) is 5.75 Å². The molecule has 1 N–H and O–H groups in total. The zero-order valence-corrected chi connectivity index (χ0v) is 12.8. The summed E-state index contributed by atoms with van der Waals surface area (Å²) in [5.41, 5.74) is 0.226. The van der Waals surface area contributed by atoms with Crippen LogP contribution in [0.4, 0.5) is 0 Å². The molecule has 0 saturated heterocycles. The molecule has 20 heavy (non-hydrogen) atoms. The Bertz CT molecular complexity index is 512. The molecule has 0 aliphatic carbocycles. The van der Waals surface area contributed by atoms with Gasteiger partial charge < -0.3 is 9.84 Å². The molecule has 0 atom stereocenters. The maximum absolute atomic E-state index is 12.1. The predicted molar refractivity (Wildman–Crippen MR) is 78.0 cm³/mol. The van der Waals surface area contributed by atoms with Crippen LogP contribution in [0.2, 0.25) is 10.0 Å². The summed E-state index contributed by atoms with van der Waals surface area (Å²) in [6.45, 7) is 4.34. The Labute approximate surface area is 127 Å². The van der Waals surface area contributed by atoms with Crippen molar-refractivity contribution in [3.63, 3.8) is 0 Å². The molecular formula is C14H16Cl2O4. The lowest BCUT2D eigenvalue weighted by Gasteiger charge is -2.14. The van der Waals surface area contributed by atoms with Gasteiger partial charge in [-0.05, 0) is 18.1 Å². The molecule has 0 saturated carbocycles. The van der Waals surface area contributed by atoms with Gasteiger partial charge in [-0.3, -0.25) is 9.59 Å². The molecule has 110 valence electrons. The summed E-state index contributed by atoms with van der Waals surface area (Å²) in [4.78, 5) is 22.6. The number of aliphatic carboxylic acids is 1. The SMILES string of the molecule is CC(C)COc1c(Cl)cc(Cl)cc1C(=O)CCC(=O)O. The first kappa shape index (κ1) is 16.8. The van der Waals surface area contributed by atoms with Gasteiger partial charge in [0, 0.05) is 11.4 Å². The van der Waals surface area contributed by atoms with Gasteiger partial charge in [-0.25, -0.2) is 0 Å². The summed E-state index contributed by atoms with van der Waals surface area (Å²) in [5.74, 6) is -0.851. The summed E-state index contributed by atoms with van der Waals surface area (Å²) in [6, 6.07) is 2.94. The third kappa shape index (κ3) is 5.02. The molecule has 0 unspecified atom stereocenters. The minimum Gasteiger partial charge on any atom is -0.491 e. The van der Waals surface area contributed by atoms with E-state index in [1.807, 2.05) is 13.8 Å². The third-order valence-electron chi connectivity index (χ3n) is 2.44. The lowest BCUT2D eigenvalue weighted by Crippen LogP contribution is -2.10. The van der Waals surface area contributed by atoms with E-state index in [1.165, 1.54) is 12.1 Å². The van der Waals surface area contributed by atoms with Crippen LogP contribution in [0.25, 0.3) is 0 Å². The zero-order valence-electron chi connectivity index (χ0n) is 11.3. The molecule has 0 spiro atoms. The lowest BCUT2D eigenvalue weighted by atomic mass is 10.1. The normalized spacial score (nSPS) is 10.7. The van der Waals surface area contributed by atoms with Crippen molar-refractivity contribution in [3.8, 4) is 5.75 Å². The van der Waals surface area contributed by atoms with Gasteiger partial charge in [0.15, 0.2) is 5.78 Å². The second kappa shape index (κ2) is 7.50. The lowest BCUT2D eigenvalue weighted by molar-refractivity contribution is -0.136. The van der Waals surface area contributed by atoms with Crippen LogP contribution < -0.4 is 4.74 Å². The Hall–Kier alpha value is -1.26. The van der Waals surface area contributed by atoms with Crippen molar-refractivity contribution < 1.29 is 19.4 Å². The van der Waals surface area contributed by atoms with Gasteiger partial charge in [-0.2, -0.15) is 0 Å². The summed E-state index contributed by atoms with van der Waals surface area (Å²) < 4.78 is 5.55. The molecule has 4 nitrogen and oxygen atoms in total. The van der Waals surface area contributed by atoms with Crippen LogP contribution >= 0.6 is 23.2 Å². The van der Waals surface area contributed by atoms with Gasteiger partial charge in [0.25, 0.3) is 0 Å². The Morgan fingerprint density at radius 3 is 2.45 bits per heavy atom. The first-order valence-electron chi connectivity index (χ1n) is 6.18. The van der Waals surface area contributed by atoms with Crippen LogP contribution in [0.3, 0.4) is 0 Å². The minimum atomic E-state index is -1.03. The zero-order chi connectivity index (χ0) is 15.3. The first-order valence-corrected chi connectivity index (χ1v) is 6.93. The number of benzene rings is 1. The van der Waals surface area contributed by atoms with Gasteiger partial charge in [0.2, 0.25) is 0 Å². The van der Waals surface area contributed by atoms with Crippen LogP contribution in [-0.2, 0) is 4.79 Å². The number of ketones is 1. The monoisotopic (exact) mass is 318 g/mol. The van der Waals surface area contributed by atoms with E-state index in [9.17, 15) is 9.59 Å². The van der Waals surface area contributed by atoms with Crippen molar-refractivity contribution in [2.45, 2.75) is 26.7 Å². The number of carbonyl (C=O) groups is 2. The highest BCUT2D eigenvalue weighted by Gasteiger charge is 2.18. The van der Waals surface area contributed by atoms with Crippen LogP contribution in [0.15, 0.2) is 12.1 Å². The van der Waals surface area contributed by atoms with Gasteiger partial charge in [0.05, 0.1) is 23.6 Å². The largest absolute Gasteiger partial charge is 0.491 e. The predicted octanol–water partition coefficient (Wildman–Crippen LogP) is 4.08. The second-order valence-corrected chi connectivity index (χ2v) is 5.63. The fraction of sp³-hybridized carbons (Fsp3) is 0.429. The van der Waals surface area contributed by atoms with Gasteiger partial charge in [-0.1, -0.05) is 37.0 Å². The molecule has 0 aliphatic heterocycles. The van der Waals surface area contributed by atoms with Crippen molar-refractivity contribution in [2.75, 3.05) is 6.61 Å².